The van der Waals surface area contributed by atoms with Gasteiger partial charge in [-0.2, -0.15) is 0 Å². The van der Waals surface area contributed by atoms with Crippen LogP contribution in [0.2, 0.25) is 0 Å². The van der Waals surface area contributed by atoms with Gasteiger partial charge in [0, 0.05) is 19.5 Å². The second kappa shape index (κ2) is 7.99. The molecule has 1 atom stereocenters. The van der Waals surface area contributed by atoms with Gasteiger partial charge >= 0.3 is 5.97 Å². The average Bonchev–Trinajstić information content (AvgIpc) is 2.54. The van der Waals surface area contributed by atoms with E-state index in [0.29, 0.717) is 18.7 Å². The lowest BCUT2D eigenvalue weighted by Crippen LogP contribution is -2.42. The van der Waals surface area contributed by atoms with E-state index in [1.165, 1.54) is 5.56 Å². The van der Waals surface area contributed by atoms with Crippen LogP contribution in [0, 0.1) is 19.8 Å². The van der Waals surface area contributed by atoms with E-state index < -0.39 is 5.97 Å². The number of carboxylic acid groups (broad SMARTS) is 1. The molecule has 1 aromatic rings. The van der Waals surface area contributed by atoms with Crippen molar-refractivity contribution in [3.8, 4) is 5.75 Å². The quantitative estimate of drug-likeness (QED) is 0.875. The van der Waals surface area contributed by atoms with E-state index >= 15 is 0 Å². The van der Waals surface area contributed by atoms with Crippen LogP contribution in [0.4, 0.5) is 0 Å². The van der Waals surface area contributed by atoms with E-state index in [2.05, 4.69) is 0 Å². The minimum atomic E-state index is -0.772. The van der Waals surface area contributed by atoms with Crippen LogP contribution in [0.5, 0.6) is 5.75 Å². The van der Waals surface area contributed by atoms with Crippen molar-refractivity contribution in [1.29, 1.82) is 0 Å². The van der Waals surface area contributed by atoms with Gasteiger partial charge in [0.1, 0.15) is 5.75 Å². The van der Waals surface area contributed by atoms with Crippen molar-refractivity contribution in [2.75, 3.05) is 19.7 Å². The second-order valence-corrected chi connectivity index (χ2v) is 6.32. The molecule has 1 N–H and O–H groups in total. The number of ether oxygens (including phenoxy) is 1. The first-order chi connectivity index (χ1) is 11.0. The molecular formula is C18H25NO4. The molecule has 0 aliphatic carbocycles. The number of carboxylic acids is 1. The Morgan fingerprint density at radius 3 is 2.78 bits per heavy atom. The summed E-state index contributed by atoms with van der Waals surface area (Å²) < 4.78 is 5.60. The second-order valence-electron chi connectivity index (χ2n) is 6.32. The van der Waals surface area contributed by atoms with Crippen LogP contribution < -0.4 is 4.74 Å². The minimum absolute atomic E-state index is 0.0248. The monoisotopic (exact) mass is 319 g/mol. The van der Waals surface area contributed by atoms with Crippen LogP contribution in [0.25, 0.3) is 0 Å². The fraction of sp³-hybridized carbons (Fsp3) is 0.556. The lowest BCUT2D eigenvalue weighted by atomic mass is 9.93. The summed E-state index contributed by atoms with van der Waals surface area (Å²) in [6.45, 7) is 5.46. The Kier molecular flexibility index (Phi) is 6.02. The van der Waals surface area contributed by atoms with Gasteiger partial charge in [-0.15, -0.1) is 0 Å². The molecule has 0 aromatic heterocycles. The highest BCUT2D eigenvalue weighted by molar-refractivity contribution is 5.77. The Labute approximate surface area is 137 Å². The maximum Gasteiger partial charge on any atom is 0.303 e. The number of hydrogen-bond donors (Lipinski definition) is 1. The summed E-state index contributed by atoms with van der Waals surface area (Å²) >= 11 is 0. The minimum Gasteiger partial charge on any atom is -0.484 e. The zero-order chi connectivity index (χ0) is 16.8. The molecule has 0 unspecified atom stereocenters. The fourth-order valence-electron chi connectivity index (χ4n) is 2.89. The Hall–Kier alpha value is -2.04. The van der Waals surface area contributed by atoms with E-state index in [4.69, 9.17) is 9.84 Å². The molecule has 5 heteroatoms. The summed E-state index contributed by atoms with van der Waals surface area (Å²) in [5, 5.41) is 8.77. The maximum atomic E-state index is 12.3. The zero-order valence-electron chi connectivity index (χ0n) is 13.9. The van der Waals surface area contributed by atoms with Gasteiger partial charge in [-0.1, -0.05) is 6.07 Å². The summed E-state index contributed by atoms with van der Waals surface area (Å²) in [7, 11) is 0. The average molecular weight is 319 g/mol. The third kappa shape index (κ3) is 5.27. The number of amides is 1. The smallest absolute Gasteiger partial charge is 0.303 e. The van der Waals surface area contributed by atoms with E-state index in [1.54, 1.807) is 4.90 Å². The summed E-state index contributed by atoms with van der Waals surface area (Å²) in [5.41, 5.74) is 2.34. The van der Waals surface area contributed by atoms with Crippen molar-refractivity contribution in [3.63, 3.8) is 0 Å². The van der Waals surface area contributed by atoms with E-state index in [1.807, 2.05) is 32.0 Å². The van der Waals surface area contributed by atoms with Crippen molar-refractivity contribution in [2.45, 2.75) is 39.5 Å². The molecule has 2 rings (SSSR count). The molecule has 1 heterocycles. The van der Waals surface area contributed by atoms with E-state index in [0.717, 1.165) is 24.9 Å². The lowest BCUT2D eigenvalue weighted by molar-refractivity contribution is -0.137. The molecule has 1 amide bonds. The van der Waals surface area contributed by atoms with Crippen molar-refractivity contribution in [3.05, 3.63) is 29.3 Å². The Morgan fingerprint density at radius 1 is 1.30 bits per heavy atom. The summed E-state index contributed by atoms with van der Waals surface area (Å²) in [6.07, 6.45) is 2.73. The SMILES string of the molecule is Cc1ccc(OCC(=O)N2CCC[C@H](CCC(=O)O)C2)cc1C. The number of aliphatic carboxylic acids is 1. The van der Waals surface area contributed by atoms with Crippen LogP contribution in [-0.4, -0.2) is 41.6 Å². The normalized spacial score (nSPS) is 17.8. The number of aryl methyl sites for hydroxylation is 2. The Bertz CT molecular complexity index is 570. The number of hydrogen-bond acceptors (Lipinski definition) is 3. The number of likely N-dealkylation sites (tertiary alicyclic amines) is 1. The van der Waals surface area contributed by atoms with Crippen molar-refractivity contribution < 1.29 is 19.4 Å². The van der Waals surface area contributed by atoms with Gasteiger partial charge in [-0.05, 0) is 62.3 Å². The summed E-state index contributed by atoms with van der Waals surface area (Å²) in [4.78, 5) is 24.8. The standard InChI is InChI=1S/C18H25NO4/c1-13-5-7-16(10-14(13)2)23-12-17(20)19-9-3-4-15(11-19)6-8-18(21)22/h5,7,10,15H,3-4,6,8-9,11-12H2,1-2H3,(H,21,22)/t15-/m1/s1. The van der Waals surface area contributed by atoms with Crippen molar-refractivity contribution in [2.24, 2.45) is 5.92 Å². The molecule has 5 nitrogen and oxygen atoms in total. The summed E-state index contributed by atoms with van der Waals surface area (Å²) in [5.74, 6) is 0.195. The molecule has 1 fully saturated rings. The molecule has 0 spiro atoms. The number of nitrogens with zero attached hydrogens (tertiary/aromatic N) is 1. The predicted octanol–water partition coefficient (Wildman–Crippen LogP) is 2.79. The van der Waals surface area contributed by atoms with Gasteiger partial charge in [-0.3, -0.25) is 9.59 Å². The number of carbonyl (C=O) groups excluding carboxylic acids is 1. The zero-order valence-corrected chi connectivity index (χ0v) is 13.9. The number of rotatable bonds is 6. The third-order valence-corrected chi connectivity index (χ3v) is 4.48. The third-order valence-electron chi connectivity index (χ3n) is 4.48. The molecule has 0 saturated carbocycles. The highest BCUT2D eigenvalue weighted by atomic mass is 16.5. The lowest BCUT2D eigenvalue weighted by Gasteiger charge is -2.32. The highest BCUT2D eigenvalue weighted by Crippen LogP contribution is 2.21. The van der Waals surface area contributed by atoms with E-state index in [9.17, 15) is 9.59 Å². The largest absolute Gasteiger partial charge is 0.484 e. The first kappa shape index (κ1) is 17.3. The first-order valence-corrected chi connectivity index (χ1v) is 8.15. The van der Waals surface area contributed by atoms with Crippen LogP contribution in [0.1, 0.15) is 36.8 Å². The molecule has 0 bridgehead atoms. The van der Waals surface area contributed by atoms with Crippen LogP contribution in [0.15, 0.2) is 18.2 Å². The predicted molar refractivity (Wildman–Crippen MR) is 87.6 cm³/mol. The molecule has 1 aliphatic rings. The molecule has 1 aliphatic heterocycles. The van der Waals surface area contributed by atoms with Gasteiger partial charge in [-0.25, -0.2) is 0 Å². The molecule has 126 valence electrons. The number of piperidine rings is 1. The van der Waals surface area contributed by atoms with E-state index in [-0.39, 0.29) is 24.9 Å². The van der Waals surface area contributed by atoms with Gasteiger partial charge < -0.3 is 14.7 Å². The van der Waals surface area contributed by atoms with Gasteiger partial charge in [0.25, 0.3) is 5.91 Å². The van der Waals surface area contributed by atoms with Crippen molar-refractivity contribution in [1.82, 2.24) is 4.90 Å². The highest BCUT2D eigenvalue weighted by Gasteiger charge is 2.24. The van der Waals surface area contributed by atoms with Crippen LogP contribution in [0.3, 0.4) is 0 Å². The molecule has 23 heavy (non-hydrogen) atoms. The van der Waals surface area contributed by atoms with Gasteiger partial charge in [0.2, 0.25) is 0 Å². The molecule has 0 radical (unpaired) electrons. The molecule has 1 aromatic carbocycles. The maximum absolute atomic E-state index is 12.3. The topological polar surface area (TPSA) is 66.8 Å². The first-order valence-electron chi connectivity index (χ1n) is 8.15. The van der Waals surface area contributed by atoms with Crippen LogP contribution in [-0.2, 0) is 9.59 Å². The van der Waals surface area contributed by atoms with Crippen molar-refractivity contribution >= 4 is 11.9 Å². The van der Waals surface area contributed by atoms with Gasteiger partial charge in [0.15, 0.2) is 6.61 Å². The Balaban J connectivity index is 1.82. The fourth-order valence-corrected chi connectivity index (χ4v) is 2.89. The number of carbonyl (C=O) groups is 2. The van der Waals surface area contributed by atoms with Gasteiger partial charge in [0.05, 0.1) is 0 Å². The Morgan fingerprint density at radius 2 is 2.09 bits per heavy atom. The number of benzene rings is 1. The molecular weight excluding hydrogens is 294 g/mol. The summed E-state index contributed by atoms with van der Waals surface area (Å²) in [6, 6.07) is 5.80. The molecule has 1 saturated heterocycles. The van der Waals surface area contributed by atoms with Crippen LogP contribution >= 0.6 is 0 Å².